The highest BCUT2D eigenvalue weighted by Crippen LogP contribution is 2.68. The molecular weight excluding hydrogens is 387 g/mol. The summed E-state index contributed by atoms with van der Waals surface area (Å²) in [4.78, 5) is 0. The van der Waals surface area contributed by atoms with E-state index in [0.29, 0.717) is 10.8 Å². The van der Waals surface area contributed by atoms with Gasteiger partial charge in [-0.05, 0) is 124 Å². The van der Waals surface area contributed by atoms with Crippen LogP contribution in [0.4, 0.5) is 0 Å². The molecule has 0 aromatic rings. The first-order valence-electron chi connectivity index (χ1n) is 13.4. The molecule has 4 aliphatic carbocycles. The van der Waals surface area contributed by atoms with Crippen molar-refractivity contribution < 1.29 is 9.63 Å². The van der Waals surface area contributed by atoms with Crippen molar-refractivity contribution in [3.8, 4) is 0 Å². The van der Waals surface area contributed by atoms with E-state index in [4.69, 9.17) is 9.63 Å². The molecule has 0 spiro atoms. The number of fused-ring (bicyclic) bond motifs is 5. The second-order valence-electron chi connectivity index (χ2n) is 11.5. The Morgan fingerprint density at radius 2 is 1.67 bits per heavy atom. The Bertz CT molecular complexity index is 525. The normalized spacial score (nSPS) is 44.0. The molecule has 3 heteroatoms. The molecule has 4 fully saturated rings. The van der Waals surface area contributed by atoms with E-state index in [0.717, 1.165) is 50.9 Å². The van der Waals surface area contributed by atoms with Crippen molar-refractivity contribution in [3.05, 3.63) is 0 Å². The van der Waals surface area contributed by atoms with Gasteiger partial charge in [-0.15, -0.1) is 0 Å². The van der Waals surface area contributed by atoms with Gasteiger partial charge in [-0.25, -0.2) is 0 Å². The van der Waals surface area contributed by atoms with Crippen LogP contribution in [-0.4, -0.2) is 24.5 Å². The lowest BCUT2D eigenvalue weighted by molar-refractivity contribution is -0.114. The molecule has 2 nitrogen and oxygen atoms in total. The molecule has 1 N–H and O–H groups in total. The van der Waals surface area contributed by atoms with Crippen molar-refractivity contribution in [2.24, 2.45) is 46.3 Å². The zero-order valence-corrected chi connectivity index (χ0v) is 21.7. The van der Waals surface area contributed by atoms with Crippen LogP contribution in [-0.2, 0) is 4.52 Å². The molecule has 0 radical (unpaired) electrons. The fourth-order valence-electron chi connectivity index (χ4n) is 8.93. The van der Waals surface area contributed by atoms with Crippen LogP contribution in [0, 0.1) is 46.3 Å². The predicted octanol–water partition coefficient (Wildman–Crippen LogP) is 7.69. The molecule has 0 bridgehead atoms. The summed E-state index contributed by atoms with van der Waals surface area (Å²) in [5.74, 6) is 6.09. The minimum absolute atomic E-state index is 0.250. The van der Waals surface area contributed by atoms with Gasteiger partial charge in [-0.1, -0.05) is 33.6 Å². The summed E-state index contributed by atoms with van der Waals surface area (Å²) in [5.41, 5.74) is 1.35. The molecule has 9 unspecified atom stereocenters. The molecule has 0 amide bonds. The van der Waals surface area contributed by atoms with Gasteiger partial charge >= 0.3 is 0 Å². The number of aliphatic hydroxyl groups is 1. The van der Waals surface area contributed by atoms with Gasteiger partial charge in [-0.3, -0.25) is 0 Å². The van der Waals surface area contributed by atoms with Crippen LogP contribution in [0.1, 0.15) is 105 Å². The summed E-state index contributed by atoms with van der Waals surface area (Å²) in [5, 5.41) is 7.57. The molecule has 0 saturated heterocycles. The van der Waals surface area contributed by atoms with Gasteiger partial charge in [-0.2, -0.15) is 0 Å². The standard InChI is InChI=1S/C25H45OP.C2H6O/c1-5-26-27-17-14-18(2)21-11-12-22-20-10-9-19-8-6-7-15-24(19,3)23(20)13-16-25(21,22)4;1-2-3/h18-23,27H,5-17H2,1-4H3;3H,2H2,1H3. The molecule has 0 aromatic heterocycles. The zero-order chi connectivity index (χ0) is 21.8. The molecule has 30 heavy (non-hydrogen) atoms. The maximum atomic E-state index is 7.57. The maximum Gasteiger partial charge on any atom is 0.0477 e. The molecule has 0 aliphatic heterocycles. The number of rotatable bonds is 6. The smallest absolute Gasteiger partial charge is 0.0477 e. The summed E-state index contributed by atoms with van der Waals surface area (Å²) in [6.07, 6.45) is 18.1. The van der Waals surface area contributed by atoms with E-state index in [2.05, 4.69) is 27.7 Å². The summed E-state index contributed by atoms with van der Waals surface area (Å²) < 4.78 is 5.64. The van der Waals surface area contributed by atoms with E-state index in [1.807, 2.05) is 0 Å². The number of aliphatic hydroxyl groups excluding tert-OH is 1. The summed E-state index contributed by atoms with van der Waals surface area (Å²) in [6.45, 7) is 13.0. The summed E-state index contributed by atoms with van der Waals surface area (Å²) >= 11 is 0. The van der Waals surface area contributed by atoms with E-state index >= 15 is 0 Å². The molecule has 4 saturated carbocycles. The lowest BCUT2D eigenvalue weighted by Gasteiger charge is -2.61. The lowest BCUT2D eigenvalue weighted by atomic mass is 9.44. The third kappa shape index (κ3) is 4.82. The highest BCUT2D eigenvalue weighted by atomic mass is 31.1. The van der Waals surface area contributed by atoms with Crippen LogP contribution >= 0.6 is 8.81 Å². The lowest BCUT2D eigenvalue weighted by Crippen LogP contribution is -2.53. The number of hydrogen-bond acceptors (Lipinski definition) is 2. The fraction of sp³-hybridized carbons (Fsp3) is 1.00. The Morgan fingerprint density at radius 3 is 2.40 bits per heavy atom. The second kappa shape index (κ2) is 11.0. The third-order valence-corrected chi connectivity index (χ3v) is 11.3. The first kappa shape index (κ1) is 25.0. The van der Waals surface area contributed by atoms with Gasteiger partial charge in [0.1, 0.15) is 0 Å². The molecule has 0 heterocycles. The first-order valence-corrected chi connectivity index (χ1v) is 14.5. The maximum absolute atomic E-state index is 7.57. The van der Waals surface area contributed by atoms with Crippen LogP contribution in [0.5, 0.6) is 0 Å². The minimum Gasteiger partial charge on any atom is -0.397 e. The van der Waals surface area contributed by atoms with Crippen LogP contribution in [0.15, 0.2) is 0 Å². The highest BCUT2D eigenvalue weighted by molar-refractivity contribution is 7.32. The zero-order valence-electron chi connectivity index (χ0n) is 20.7. The summed E-state index contributed by atoms with van der Waals surface area (Å²) in [6, 6.07) is 0. The van der Waals surface area contributed by atoms with Crippen molar-refractivity contribution in [3.63, 3.8) is 0 Å². The van der Waals surface area contributed by atoms with E-state index in [-0.39, 0.29) is 6.61 Å². The Kier molecular flexibility index (Phi) is 9.14. The molecule has 4 aliphatic rings. The van der Waals surface area contributed by atoms with Gasteiger partial charge in [0.25, 0.3) is 0 Å². The van der Waals surface area contributed by atoms with Crippen molar-refractivity contribution >= 4 is 8.81 Å². The second-order valence-corrected chi connectivity index (χ2v) is 12.6. The van der Waals surface area contributed by atoms with Crippen LogP contribution in [0.2, 0.25) is 0 Å². The van der Waals surface area contributed by atoms with Crippen LogP contribution in [0.25, 0.3) is 0 Å². The van der Waals surface area contributed by atoms with Gasteiger partial charge in [0.2, 0.25) is 0 Å². The largest absolute Gasteiger partial charge is 0.397 e. The predicted molar refractivity (Wildman–Crippen MR) is 131 cm³/mol. The van der Waals surface area contributed by atoms with Crippen LogP contribution in [0.3, 0.4) is 0 Å². The first-order chi connectivity index (χ1) is 14.4. The van der Waals surface area contributed by atoms with Gasteiger partial charge in [0.05, 0.1) is 0 Å². The SMILES string of the molecule is CCO.CCOPCCC(C)C1CCC2C3CCC4CCCCC4(C)C3CCC12C. The topological polar surface area (TPSA) is 29.5 Å². The van der Waals surface area contributed by atoms with E-state index in [9.17, 15) is 0 Å². The van der Waals surface area contributed by atoms with Gasteiger partial charge in [0, 0.05) is 22.0 Å². The minimum atomic E-state index is 0.250. The fourth-order valence-corrected chi connectivity index (χ4v) is 9.85. The van der Waals surface area contributed by atoms with E-state index in [1.165, 1.54) is 38.3 Å². The monoisotopic (exact) mass is 438 g/mol. The van der Waals surface area contributed by atoms with Crippen molar-refractivity contribution in [2.75, 3.05) is 19.4 Å². The number of hydrogen-bond donors (Lipinski definition) is 1. The average Bonchev–Trinajstić information content (AvgIpc) is 3.08. The quantitative estimate of drug-likeness (QED) is 0.340. The molecule has 176 valence electrons. The molecule has 4 rings (SSSR count). The van der Waals surface area contributed by atoms with E-state index < -0.39 is 0 Å². The molecular formula is C27H51O2P. The molecule has 9 atom stereocenters. The Morgan fingerprint density at radius 1 is 0.933 bits per heavy atom. The Labute approximate surface area is 189 Å². The average molecular weight is 439 g/mol. The molecule has 0 aromatic carbocycles. The Hall–Kier alpha value is 0.350. The van der Waals surface area contributed by atoms with Crippen molar-refractivity contribution in [2.45, 2.75) is 105 Å². The van der Waals surface area contributed by atoms with Gasteiger partial charge in [0.15, 0.2) is 0 Å². The summed E-state index contributed by atoms with van der Waals surface area (Å²) in [7, 11) is 0.728. The van der Waals surface area contributed by atoms with Crippen molar-refractivity contribution in [1.29, 1.82) is 0 Å². The third-order valence-electron chi connectivity index (χ3n) is 10.3. The van der Waals surface area contributed by atoms with Gasteiger partial charge < -0.3 is 9.63 Å². The van der Waals surface area contributed by atoms with Crippen molar-refractivity contribution in [1.82, 2.24) is 0 Å². The van der Waals surface area contributed by atoms with Crippen LogP contribution < -0.4 is 0 Å². The highest BCUT2D eigenvalue weighted by Gasteiger charge is 2.59. The van der Waals surface area contributed by atoms with E-state index in [1.54, 1.807) is 45.4 Å². The Balaban J connectivity index is 0.000000806.